The van der Waals surface area contributed by atoms with Gasteiger partial charge in [0, 0.05) is 12.6 Å². The van der Waals surface area contributed by atoms with Gasteiger partial charge in [-0.05, 0) is 56.3 Å². The molecule has 0 aliphatic carbocycles. The molecule has 1 fully saturated rings. The third-order valence-corrected chi connectivity index (χ3v) is 4.59. The molecule has 1 unspecified atom stereocenters. The lowest BCUT2D eigenvalue weighted by molar-refractivity contribution is 0.180. The van der Waals surface area contributed by atoms with E-state index in [0.717, 1.165) is 18.5 Å². The Kier molecular flexibility index (Phi) is 6.72. The molecule has 1 aromatic carbocycles. The summed E-state index contributed by atoms with van der Waals surface area (Å²) in [4.78, 5) is 2.62. The van der Waals surface area contributed by atoms with E-state index in [-0.39, 0.29) is 0 Å². The van der Waals surface area contributed by atoms with Gasteiger partial charge in [0.15, 0.2) is 0 Å². The van der Waals surface area contributed by atoms with Crippen LogP contribution in [0.15, 0.2) is 30.3 Å². The van der Waals surface area contributed by atoms with Crippen molar-refractivity contribution in [2.24, 2.45) is 5.92 Å². The topological polar surface area (TPSA) is 15.3 Å². The fourth-order valence-electron chi connectivity index (χ4n) is 3.29. The van der Waals surface area contributed by atoms with Crippen LogP contribution in [-0.4, -0.2) is 37.1 Å². The normalized spacial score (nSPS) is 19.0. The van der Waals surface area contributed by atoms with Gasteiger partial charge in [-0.3, -0.25) is 0 Å². The Hall–Kier alpha value is -0.860. The lowest BCUT2D eigenvalue weighted by atomic mass is 9.97. The summed E-state index contributed by atoms with van der Waals surface area (Å²) in [5.74, 6) is 1.45. The highest BCUT2D eigenvalue weighted by Gasteiger charge is 2.19. The van der Waals surface area contributed by atoms with Crippen molar-refractivity contribution in [1.29, 1.82) is 0 Å². The molecule has 1 aliphatic rings. The summed E-state index contributed by atoms with van der Waals surface area (Å²) in [6.45, 7) is 11.9. The van der Waals surface area contributed by atoms with E-state index in [1.165, 1.54) is 44.5 Å². The van der Waals surface area contributed by atoms with Gasteiger partial charge < -0.3 is 10.2 Å². The summed E-state index contributed by atoms with van der Waals surface area (Å²) in [6.07, 6.45) is 3.86. The zero-order valence-corrected chi connectivity index (χ0v) is 14.0. The zero-order chi connectivity index (χ0) is 15.1. The van der Waals surface area contributed by atoms with Crippen LogP contribution in [0.5, 0.6) is 0 Å². The van der Waals surface area contributed by atoms with Crippen molar-refractivity contribution in [1.82, 2.24) is 10.2 Å². The predicted molar refractivity (Wildman–Crippen MR) is 91.8 cm³/mol. The molecule has 1 saturated heterocycles. The standard InChI is InChI=1S/C19H32N2/c1-16(2)15-21-13-10-19(11-14-21)20-12-9-17(3)18-7-5-4-6-8-18/h4-8,16-17,19-20H,9-15H2,1-3H3. The molecule has 0 radical (unpaired) electrons. The second-order valence-electron chi connectivity index (χ2n) is 7.02. The van der Waals surface area contributed by atoms with Crippen molar-refractivity contribution in [2.45, 2.75) is 52.0 Å². The SMILES string of the molecule is CC(C)CN1CCC(NCCC(C)c2ccccc2)CC1. The summed E-state index contributed by atoms with van der Waals surface area (Å²) < 4.78 is 0. The molecule has 2 heteroatoms. The number of nitrogens with zero attached hydrogens (tertiary/aromatic N) is 1. The minimum Gasteiger partial charge on any atom is -0.314 e. The Labute approximate surface area is 130 Å². The summed E-state index contributed by atoms with van der Waals surface area (Å²) in [6, 6.07) is 11.6. The van der Waals surface area contributed by atoms with Crippen LogP contribution in [0.2, 0.25) is 0 Å². The van der Waals surface area contributed by atoms with Gasteiger partial charge >= 0.3 is 0 Å². The fourth-order valence-corrected chi connectivity index (χ4v) is 3.29. The highest BCUT2D eigenvalue weighted by molar-refractivity contribution is 5.18. The average Bonchev–Trinajstić information content (AvgIpc) is 2.49. The summed E-state index contributed by atoms with van der Waals surface area (Å²) >= 11 is 0. The van der Waals surface area contributed by atoms with Gasteiger partial charge in [-0.25, -0.2) is 0 Å². The number of benzene rings is 1. The van der Waals surface area contributed by atoms with E-state index in [0.29, 0.717) is 5.92 Å². The highest BCUT2D eigenvalue weighted by atomic mass is 15.1. The lowest BCUT2D eigenvalue weighted by Gasteiger charge is -2.33. The Morgan fingerprint density at radius 3 is 2.38 bits per heavy atom. The number of hydrogen-bond donors (Lipinski definition) is 1. The Balaban J connectivity index is 1.62. The quantitative estimate of drug-likeness (QED) is 0.819. The number of piperidine rings is 1. The summed E-state index contributed by atoms with van der Waals surface area (Å²) in [5.41, 5.74) is 1.46. The van der Waals surface area contributed by atoms with Crippen LogP contribution in [0.3, 0.4) is 0 Å². The van der Waals surface area contributed by atoms with Crippen LogP contribution in [0.1, 0.15) is 51.5 Å². The third kappa shape index (κ3) is 5.80. The second-order valence-corrected chi connectivity index (χ2v) is 7.02. The van der Waals surface area contributed by atoms with Crippen molar-refractivity contribution in [2.75, 3.05) is 26.2 Å². The predicted octanol–water partition coefficient (Wildman–Crippen LogP) is 3.89. The molecule has 1 aromatic rings. The van der Waals surface area contributed by atoms with Gasteiger partial charge in [-0.1, -0.05) is 51.1 Å². The Bertz CT molecular complexity index is 380. The maximum Gasteiger partial charge on any atom is 0.00914 e. The molecule has 0 bridgehead atoms. The molecule has 1 N–H and O–H groups in total. The minimum atomic E-state index is 0.653. The zero-order valence-electron chi connectivity index (χ0n) is 14.0. The van der Waals surface area contributed by atoms with Crippen molar-refractivity contribution < 1.29 is 0 Å². The number of hydrogen-bond acceptors (Lipinski definition) is 2. The van der Waals surface area contributed by atoms with Crippen molar-refractivity contribution in [3.63, 3.8) is 0 Å². The van der Waals surface area contributed by atoms with E-state index in [1.54, 1.807) is 0 Å². The van der Waals surface area contributed by atoms with E-state index < -0.39 is 0 Å². The van der Waals surface area contributed by atoms with E-state index in [4.69, 9.17) is 0 Å². The fraction of sp³-hybridized carbons (Fsp3) is 0.684. The number of likely N-dealkylation sites (tertiary alicyclic amines) is 1. The van der Waals surface area contributed by atoms with Crippen molar-refractivity contribution in [3.8, 4) is 0 Å². The van der Waals surface area contributed by atoms with E-state index in [2.05, 4.69) is 61.3 Å². The van der Waals surface area contributed by atoms with Crippen molar-refractivity contribution in [3.05, 3.63) is 35.9 Å². The average molecular weight is 288 g/mol. The van der Waals surface area contributed by atoms with Crippen LogP contribution in [0, 0.1) is 5.92 Å². The van der Waals surface area contributed by atoms with Gasteiger partial charge in [0.25, 0.3) is 0 Å². The molecule has 2 rings (SSSR count). The Morgan fingerprint density at radius 2 is 1.76 bits per heavy atom. The first-order valence-corrected chi connectivity index (χ1v) is 8.66. The number of nitrogens with one attached hydrogen (secondary N) is 1. The first-order chi connectivity index (χ1) is 10.1. The monoisotopic (exact) mass is 288 g/mol. The molecular formula is C19H32N2. The van der Waals surface area contributed by atoms with Crippen LogP contribution >= 0.6 is 0 Å². The molecule has 2 nitrogen and oxygen atoms in total. The summed E-state index contributed by atoms with van der Waals surface area (Å²) in [7, 11) is 0. The number of rotatable bonds is 7. The largest absolute Gasteiger partial charge is 0.314 e. The van der Waals surface area contributed by atoms with Crippen LogP contribution in [0.4, 0.5) is 0 Å². The van der Waals surface area contributed by atoms with Gasteiger partial charge in [0.05, 0.1) is 0 Å². The smallest absolute Gasteiger partial charge is 0.00914 e. The van der Waals surface area contributed by atoms with Crippen LogP contribution < -0.4 is 5.32 Å². The second kappa shape index (κ2) is 8.55. The van der Waals surface area contributed by atoms with Crippen LogP contribution in [-0.2, 0) is 0 Å². The Morgan fingerprint density at radius 1 is 1.10 bits per heavy atom. The maximum absolute atomic E-state index is 3.77. The van der Waals surface area contributed by atoms with E-state index in [9.17, 15) is 0 Å². The first kappa shape index (κ1) is 16.5. The molecular weight excluding hydrogens is 256 g/mol. The van der Waals surface area contributed by atoms with Crippen LogP contribution in [0.25, 0.3) is 0 Å². The molecule has 0 aromatic heterocycles. The maximum atomic E-state index is 3.77. The van der Waals surface area contributed by atoms with Gasteiger partial charge in [-0.15, -0.1) is 0 Å². The minimum absolute atomic E-state index is 0.653. The van der Waals surface area contributed by atoms with E-state index >= 15 is 0 Å². The molecule has 118 valence electrons. The third-order valence-electron chi connectivity index (χ3n) is 4.59. The van der Waals surface area contributed by atoms with Gasteiger partial charge in [0.1, 0.15) is 0 Å². The van der Waals surface area contributed by atoms with Gasteiger partial charge in [0.2, 0.25) is 0 Å². The molecule has 1 aliphatic heterocycles. The van der Waals surface area contributed by atoms with Crippen molar-refractivity contribution >= 4 is 0 Å². The molecule has 0 amide bonds. The molecule has 1 atom stereocenters. The molecule has 21 heavy (non-hydrogen) atoms. The highest BCUT2D eigenvalue weighted by Crippen LogP contribution is 2.18. The molecule has 1 heterocycles. The first-order valence-electron chi connectivity index (χ1n) is 8.66. The van der Waals surface area contributed by atoms with Gasteiger partial charge in [-0.2, -0.15) is 0 Å². The molecule has 0 saturated carbocycles. The molecule has 0 spiro atoms. The summed E-state index contributed by atoms with van der Waals surface area (Å²) in [5, 5.41) is 3.77. The van der Waals surface area contributed by atoms with E-state index in [1.807, 2.05) is 0 Å². The lowest BCUT2D eigenvalue weighted by Crippen LogP contribution is -2.43.